The third kappa shape index (κ3) is 4.54. The minimum atomic E-state index is -1.91. The summed E-state index contributed by atoms with van der Waals surface area (Å²) in [6, 6.07) is 10.6. The van der Waals surface area contributed by atoms with Gasteiger partial charge in [0.05, 0.1) is 7.11 Å². The maximum atomic E-state index is 14.2. The first-order chi connectivity index (χ1) is 16.6. The first-order valence-electron chi connectivity index (χ1n) is 10.1. The van der Waals surface area contributed by atoms with Gasteiger partial charge in [-0.2, -0.15) is 8.78 Å². The lowest BCUT2D eigenvalue weighted by atomic mass is 10.1. The van der Waals surface area contributed by atoms with Gasteiger partial charge in [0.25, 0.3) is 5.91 Å². The monoisotopic (exact) mass is 503 g/mol. The Balaban J connectivity index is 1.53. The van der Waals surface area contributed by atoms with Crippen molar-refractivity contribution in [1.82, 2.24) is 10.3 Å². The molecule has 180 valence electrons. The molecule has 0 aliphatic rings. The zero-order chi connectivity index (χ0) is 25.4. The number of methoxy groups -OCH3 is 1. The van der Waals surface area contributed by atoms with Crippen LogP contribution in [-0.4, -0.2) is 23.1 Å². The van der Waals surface area contributed by atoms with Crippen molar-refractivity contribution in [3.63, 3.8) is 0 Å². The largest absolute Gasteiger partial charge is 0.491 e. The molecule has 0 saturated heterocycles. The van der Waals surface area contributed by atoms with Gasteiger partial charge in [0.2, 0.25) is 17.5 Å². The first kappa shape index (κ1) is 24.1. The van der Waals surface area contributed by atoms with Crippen LogP contribution in [-0.2, 0) is 0 Å². The Morgan fingerprint density at radius 3 is 2.29 bits per heavy atom. The second kappa shape index (κ2) is 9.34. The van der Waals surface area contributed by atoms with Crippen LogP contribution in [0.15, 0.2) is 40.8 Å². The number of amides is 1. The summed E-state index contributed by atoms with van der Waals surface area (Å²) in [7, 11) is 0.829. The van der Waals surface area contributed by atoms with Crippen LogP contribution in [0.2, 0.25) is 0 Å². The van der Waals surface area contributed by atoms with E-state index in [2.05, 4.69) is 15.0 Å². The lowest BCUT2D eigenvalue weighted by Gasteiger charge is -2.12. The van der Waals surface area contributed by atoms with Gasteiger partial charge in [-0.3, -0.25) is 10.1 Å². The Kier molecular flexibility index (Phi) is 6.44. The van der Waals surface area contributed by atoms with Crippen LogP contribution >= 0.6 is 12.2 Å². The van der Waals surface area contributed by atoms with E-state index in [0.29, 0.717) is 22.7 Å². The Labute approximate surface area is 201 Å². The van der Waals surface area contributed by atoms with Crippen LogP contribution in [0.5, 0.6) is 5.75 Å². The highest BCUT2D eigenvalue weighted by Crippen LogP contribution is 2.30. The van der Waals surface area contributed by atoms with Gasteiger partial charge in [0, 0.05) is 11.3 Å². The van der Waals surface area contributed by atoms with Gasteiger partial charge < -0.3 is 14.5 Å². The molecule has 0 atom stereocenters. The van der Waals surface area contributed by atoms with E-state index in [0.717, 1.165) is 23.8 Å². The highest BCUT2D eigenvalue weighted by molar-refractivity contribution is 7.80. The molecule has 3 aromatic carbocycles. The van der Waals surface area contributed by atoms with E-state index in [1.54, 1.807) is 18.2 Å². The molecule has 1 aromatic heterocycles. The second-order valence-corrected chi connectivity index (χ2v) is 7.98. The van der Waals surface area contributed by atoms with Crippen LogP contribution in [0.3, 0.4) is 0 Å². The van der Waals surface area contributed by atoms with Crippen molar-refractivity contribution in [2.24, 2.45) is 0 Å². The average molecular weight is 503 g/mol. The zero-order valence-corrected chi connectivity index (χ0v) is 19.4. The molecule has 4 aromatic rings. The molecule has 0 aliphatic heterocycles. The maximum absolute atomic E-state index is 14.2. The zero-order valence-electron chi connectivity index (χ0n) is 18.6. The normalized spacial score (nSPS) is 10.9. The number of halogens is 4. The summed E-state index contributed by atoms with van der Waals surface area (Å²) in [5.41, 5.74) is 2.88. The van der Waals surface area contributed by atoms with Gasteiger partial charge in [-0.25, -0.2) is 13.8 Å². The number of hydrogen-bond donors (Lipinski definition) is 2. The molecule has 4 rings (SSSR count). The fourth-order valence-corrected chi connectivity index (χ4v) is 3.53. The minimum Gasteiger partial charge on any atom is -0.491 e. The van der Waals surface area contributed by atoms with Gasteiger partial charge in [0.1, 0.15) is 11.1 Å². The Hall–Kier alpha value is -3.99. The van der Waals surface area contributed by atoms with E-state index in [1.807, 2.05) is 37.4 Å². The number of nitrogens with zero attached hydrogens (tertiary/aromatic N) is 1. The van der Waals surface area contributed by atoms with Crippen molar-refractivity contribution in [2.45, 2.75) is 13.8 Å². The lowest BCUT2D eigenvalue weighted by Crippen LogP contribution is -2.35. The average Bonchev–Trinajstić information content (AvgIpc) is 3.23. The number of aryl methyl sites for hydroxylation is 2. The molecule has 0 spiro atoms. The first-order valence-corrected chi connectivity index (χ1v) is 10.5. The number of benzene rings is 3. The van der Waals surface area contributed by atoms with Gasteiger partial charge in [-0.05, 0) is 67.5 Å². The van der Waals surface area contributed by atoms with Crippen molar-refractivity contribution in [3.05, 3.63) is 76.4 Å². The molecule has 0 bridgehead atoms. The standard InChI is InChI=1S/C24H17F4N3O3S/c1-10-4-5-12(8-11(10)2)23-30-14-9-13(6-7-15(14)34-23)29-24(35)31-22(32)16-17(25)19(27)21(33-3)20(28)18(16)26/h4-9H,1-3H3,(H2,29,31,32,35). The number of nitrogens with one attached hydrogen (secondary N) is 2. The third-order valence-corrected chi connectivity index (χ3v) is 5.48. The number of carbonyl (C=O) groups excluding carboxylic acids is 1. The number of ether oxygens (including phenoxy) is 1. The predicted molar refractivity (Wildman–Crippen MR) is 125 cm³/mol. The van der Waals surface area contributed by atoms with Crippen LogP contribution in [0.1, 0.15) is 21.5 Å². The molecule has 6 nitrogen and oxygen atoms in total. The summed E-state index contributed by atoms with van der Waals surface area (Å²) < 4.78 is 66.3. The van der Waals surface area contributed by atoms with E-state index >= 15 is 0 Å². The van der Waals surface area contributed by atoms with E-state index < -0.39 is 40.5 Å². The quantitative estimate of drug-likeness (QED) is 0.208. The number of hydrogen-bond acceptors (Lipinski definition) is 5. The molecule has 0 saturated carbocycles. The number of carbonyl (C=O) groups is 1. The van der Waals surface area contributed by atoms with Gasteiger partial charge >= 0.3 is 0 Å². The van der Waals surface area contributed by atoms with Gasteiger partial charge in [-0.15, -0.1) is 0 Å². The summed E-state index contributed by atoms with van der Waals surface area (Å²) in [4.78, 5) is 16.8. The summed E-state index contributed by atoms with van der Waals surface area (Å²) in [5.74, 6) is -9.87. The number of aromatic nitrogens is 1. The summed E-state index contributed by atoms with van der Waals surface area (Å²) in [6.45, 7) is 3.97. The molecular formula is C24H17F4N3O3S. The number of anilines is 1. The van der Waals surface area contributed by atoms with E-state index in [1.165, 1.54) is 0 Å². The van der Waals surface area contributed by atoms with Crippen molar-refractivity contribution >= 4 is 40.0 Å². The number of fused-ring (bicyclic) bond motifs is 1. The molecule has 0 fully saturated rings. The molecular weight excluding hydrogens is 486 g/mol. The smallest absolute Gasteiger partial charge is 0.263 e. The van der Waals surface area contributed by atoms with Gasteiger partial charge in [-0.1, -0.05) is 6.07 Å². The highest BCUT2D eigenvalue weighted by Gasteiger charge is 2.30. The van der Waals surface area contributed by atoms with Crippen LogP contribution in [0.25, 0.3) is 22.6 Å². The maximum Gasteiger partial charge on any atom is 0.263 e. The number of rotatable bonds is 4. The Morgan fingerprint density at radius 2 is 1.66 bits per heavy atom. The van der Waals surface area contributed by atoms with E-state index in [-0.39, 0.29) is 5.11 Å². The Bertz CT molecular complexity index is 1470. The van der Waals surface area contributed by atoms with Crippen molar-refractivity contribution in [2.75, 3.05) is 12.4 Å². The van der Waals surface area contributed by atoms with E-state index in [9.17, 15) is 22.4 Å². The molecule has 0 radical (unpaired) electrons. The highest BCUT2D eigenvalue weighted by atomic mass is 32.1. The van der Waals surface area contributed by atoms with Crippen LogP contribution in [0, 0.1) is 37.1 Å². The van der Waals surface area contributed by atoms with Crippen molar-refractivity contribution in [1.29, 1.82) is 0 Å². The Morgan fingerprint density at radius 1 is 0.971 bits per heavy atom. The summed E-state index contributed by atoms with van der Waals surface area (Å²) in [6.07, 6.45) is 0. The molecule has 0 aliphatic carbocycles. The topological polar surface area (TPSA) is 76.4 Å². The molecule has 1 heterocycles. The number of oxazole rings is 1. The van der Waals surface area contributed by atoms with Gasteiger partial charge in [0.15, 0.2) is 28.1 Å². The SMILES string of the molecule is COc1c(F)c(F)c(C(=O)NC(=S)Nc2ccc3oc(-c4ccc(C)c(C)c4)nc3c2)c(F)c1F. The molecule has 35 heavy (non-hydrogen) atoms. The molecule has 11 heteroatoms. The number of thiocarbonyl (C=S) groups is 1. The molecule has 2 N–H and O–H groups in total. The van der Waals surface area contributed by atoms with E-state index in [4.69, 9.17) is 16.6 Å². The van der Waals surface area contributed by atoms with Crippen LogP contribution in [0.4, 0.5) is 23.2 Å². The third-order valence-electron chi connectivity index (χ3n) is 5.28. The second-order valence-electron chi connectivity index (χ2n) is 7.57. The van der Waals surface area contributed by atoms with Crippen molar-refractivity contribution < 1.29 is 31.5 Å². The fourth-order valence-electron chi connectivity index (χ4n) is 3.32. The molecule has 0 unspecified atom stereocenters. The predicted octanol–water partition coefficient (Wildman–Crippen LogP) is 5.80. The molecule has 1 amide bonds. The lowest BCUT2D eigenvalue weighted by molar-refractivity contribution is 0.0966. The summed E-state index contributed by atoms with van der Waals surface area (Å²) in [5, 5.41) is 4.27. The van der Waals surface area contributed by atoms with Crippen molar-refractivity contribution in [3.8, 4) is 17.2 Å². The minimum absolute atomic E-state index is 0.371. The van der Waals surface area contributed by atoms with Crippen LogP contribution < -0.4 is 15.4 Å². The summed E-state index contributed by atoms with van der Waals surface area (Å²) >= 11 is 5.00. The fraction of sp³-hybridized carbons (Fsp3) is 0.125.